The molecule has 0 aliphatic rings. The number of rotatable bonds is 0. The molecule has 0 saturated heterocycles. The molecule has 1 aromatic rings. The highest BCUT2D eigenvalue weighted by Crippen LogP contribution is 2.18. The maximum atomic E-state index is 5.70. The lowest BCUT2D eigenvalue weighted by Gasteiger charge is -1.93. The molecule has 0 saturated carbocycles. The van der Waals surface area contributed by atoms with Gasteiger partial charge in [0.05, 0.1) is 0 Å². The van der Waals surface area contributed by atoms with Gasteiger partial charge in [0, 0.05) is 15.1 Å². The van der Waals surface area contributed by atoms with Crippen LogP contribution in [0.2, 0.25) is 5.02 Å². The van der Waals surface area contributed by atoms with Gasteiger partial charge in [-0.1, -0.05) is 33.5 Å². The number of hydrogen-bond acceptors (Lipinski definition) is 0. The average Bonchev–Trinajstić information content (AvgIpc) is 1.85. The summed E-state index contributed by atoms with van der Waals surface area (Å²) < 4.78 is 0.910. The van der Waals surface area contributed by atoms with Gasteiger partial charge in [-0.25, -0.2) is 0 Å². The molecule has 0 spiro atoms. The molecule has 0 N–H and O–H groups in total. The number of hydrogen-bond donors (Lipinski definition) is 0. The van der Waals surface area contributed by atoms with Crippen LogP contribution >= 0.6 is 27.5 Å². The van der Waals surface area contributed by atoms with Crippen molar-refractivity contribution in [1.29, 1.82) is 0 Å². The Labute approximate surface area is 73.3 Å². The summed E-state index contributed by atoms with van der Waals surface area (Å²) in [5.74, 6) is 2.49. The monoisotopic (exact) mass is 214 g/mol. The third kappa shape index (κ3) is 1.76. The predicted molar refractivity (Wildman–Crippen MR) is 47.1 cm³/mol. The second-order valence-corrected chi connectivity index (χ2v) is 3.15. The second kappa shape index (κ2) is 3.09. The Balaban J connectivity index is 3.22. The van der Waals surface area contributed by atoms with Gasteiger partial charge in [-0.15, -0.1) is 6.42 Å². The van der Waals surface area contributed by atoms with E-state index >= 15 is 0 Å². The van der Waals surface area contributed by atoms with Crippen molar-refractivity contribution >= 4 is 27.5 Å². The van der Waals surface area contributed by atoms with E-state index in [0.29, 0.717) is 5.02 Å². The molecule has 0 aliphatic carbocycles. The van der Waals surface area contributed by atoms with Crippen LogP contribution in [0.1, 0.15) is 5.56 Å². The molecular weight excluding hydrogens is 211 g/mol. The minimum atomic E-state index is 0.655. The Kier molecular flexibility index (Phi) is 2.37. The van der Waals surface area contributed by atoms with Crippen molar-refractivity contribution in [1.82, 2.24) is 0 Å². The zero-order valence-corrected chi connectivity index (χ0v) is 7.41. The molecule has 0 radical (unpaired) electrons. The lowest BCUT2D eigenvalue weighted by atomic mass is 10.2. The van der Waals surface area contributed by atoms with E-state index in [1.807, 2.05) is 6.07 Å². The van der Waals surface area contributed by atoms with Crippen LogP contribution in [0.25, 0.3) is 0 Å². The molecule has 0 atom stereocenters. The smallest absolute Gasteiger partial charge is 0.0429 e. The van der Waals surface area contributed by atoms with E-state index in [1.165, 1.54) is 0 Å². The third-order valence-corrected chi connectivity index (χ3v) is 1.71. The summed E-state index contributed by atoms with van der Waals surface area (Å²) in [7, 11) is 0. The summed E-state index contributed by atoms with van der Waals surface area (Å²) in [5, 5.41) is 0.655. The minimum Gasteiger partial charge on any atom is -0.115 e. The van der Waals surface area contributed by atoms with Crippen LogP contribution in [0, 0.1) is 12.3 Å². The van der Waals surface area contributed by atoms with E-state index in [0.717, 1.165) is 10.0 Å². The zero-order chi connectivity index (χ0) is 7.56. The van der Waals surface area contributed by atoms with Crippen LogP contribution in [-0.4, -0.2) is 0 Å². The van der Waals surface area contributed by atoms with Gasteiger partial charge in [0.25, 0.3) is 0 Å². The van der Waals surface area contributed by atoms with Crippen LogP contribution < -0.4 is 0 Å². The Morgan fingerprint density at radius 2 is 2.10 bits per heavy atom. The summed E-state index contributed by atoms with van der Waals surface area (Å²) in [5.41, 5.74) is 0.791. The van der Waals surface area contributed by atoms with E-state index in [2.05, 4.69) is 21.9 Å². The lowest BCUT2D eigenvalue weighted by Crippen LogP contribution is -1.73. The summed E-state index contributed by atoms with van der Waals surface area (Å²) in [6.07, 6.45) is 5.16. The molecule has 2 heteroatoms. The quantitative estimate of drug-likeness (QED) is 0.584. The summed E-state index contributed by atoms with van der Waals surface area (Å²) in [6.45, 7) is 0. The molecule has 0 bridgehead atoms. The molecule has 0 heterocycles. The van der Waals surface area contributed by atoms with Gasteiger partial charge in [-0.05, 0) is 18.2 Å². The van der Waals surface area contributed by atoms with E-state index in [-0.39, 0.29) is 0 Å². The third-order valence-electron chi connectivity index (χ3n) is 1.03. The van der Waals surface area contributed by atoms with Gasteiger partial charge in [-0.3, -0.25) is 0 Å². The molecule has 0 aliphatic heterocycles. The SMILES string of the molecule is C#Cc1cc(Cl)cc(Br)c1. The maximum Gasteiger partial charge on any atom is 0.0429 e. The van der Waals surface area contributed by atoms with Crippen LogP contribution in [0.15, 0.2) is 22.7 Å². The van der Waals surface area contributed by atoms with Gasteiger partial charge >= 0.3 is 0 Å². The van der Waals surface area contributed by atoms with E-state index in [1.54, 1.807) is 12.1 Å². The van der Waals surface area contributed by atoms with Crippen molar-refractivity contribution in [3.05, 3.63) is 33.3 Å². The fourth-order valence-corrected chi connectivity index (χ4v) is 1.50. The van der Waals surface area contributed by atoms with Crippen molar-refractivity contribution in [2.45, 2.75) is 0 Å². The van der Waals surface area contributed by atoms with Crippen molar-refractivity contribution < 1.29 is 0 Å². The predicted octanol–water partition coefficient (Wildman–Crippen LogP) is 3.08. The molecule has 10 heavy (non-hydrogen) atoms. The summed E-state index contributed by atoms with van der Waals surface area (Å²) in [6, 6.07) is 5.38. The molecule has 0 nitrogen and oxygen atoms in total. The first-order chi connectivity index (χ1) is 4.72. The molecule has 1 rings (SSSR count). The zero-order valence-electron chi connectivity index (χ0n) is 5.07. The minimum absolute atomic E-state index is 0.655. The Morgan fingerprint density at radius 1 is 1.40 bits per heavy atom. The number of benzene rings is 1. The van der Waals surface area contributed by atoms with Gasteiger partial charge in [-0.2, -0.15) is 0 Å². The Hall–Kier alpha value is -0.450. The van der Waals surface area contributed by atoms with Crippen molar-refractivity contribution in [2.24, 2.45) is 0 Å². The van der Waals surface area contributed by atoms with Crippen LogP contribution in [0.3, 0.4) is 0 Å². The highest BCUT2D eigenvalue weighted by atomic mass is 79.9. The van der Waals surface area contributed by atoms with E-state index in [9.17, 15) is 0 Å². The largest absolute Gasteiger partial charge is 0.115 e. The number of terminal acetylenes is 1. The van der Waals surface area contributed by atoms with E-state index < -0.39 is 0 Å². The van der Waals surface area contributed by atoms with Gasteiger partial charge < -0.3 is 0 Å². The lowest BCUT2D eigenvalue weighted by molar-refractivity contribution is 1.60. The molecule has 1 aromatic carbocycles. The normalized spacial score (nSPS) is 8.90. The van der Waals surface area contributed by atoms with Crippen molar-refractivity contribution in [3.63, 3.8) is 0 Å². The van der Waals surface area contributed by atoms with Gasteiger partial charge in [0.1, 0.15) is 0 Å². The van der Waals surface area contributed by atoms with Crippen LogP contribution in [-0.2, 0) is 0 Å². The summed E-state index contributed by atoms with van der Waals surface area (Å²) >= 11 is 8.98. The van der Waals surface area contributed by atoms with Gasteiger partial charge in [0.15, 0.2) is 0 Å². The van der Waals surface area contributed by atoms with Crippen LogP contribution in [0.5, 0.6) is 0 Å². The standard InChI is InChI=1S/C8H4BrCl/c1-2-6-3-7(9)5-8(10)4-6/h1,3-5H. The fourth-order valence-electron chi connectivity index (χ4n) is 0.637. The molecular formula is C8H4BrCl. The first-order valence-electron chi connectivity index (χ1n) is 2.65. The average molecular weight is 215 g/mol. The molecule has 0 aromatic heterocycles. The Bertz CT molecular complexity index is 266. The first-order valence-corrected chi connectivity index (χ1v) is 3.82. The van der Waals surface area contributed by atoms with Crippen molar-refractivity contribution in [2.75, 3.05) is 0 Å². The second-order valence-electron chi connectivity index (χ2n) is 1.80. The molecule has 0 fully saturated rings. The van der Waals surface area contributed by atoms with E-state index in [4.69, 9.17) is 18.0 Å². The summed E-state index contributed by atoms with van der Waals surface area (Å²) in [4.78, 5) is 0. The maximum absolute atomic E-state index is 5.70. The molecule has 0 amide bonds. The Morgan fingerprint density at radius 3 is 2.60 bits per heavy atom. The highest BCUT2D eigenvalue weighted by molar-refractivity contribution is 9.10. The van der Waals surface area contributed by atoms with Crippen LogP contribution in [0.4, 0.5) is 0 Å². The van der Waals surface area contributed by atoms with Crippen molar-refractivity contribution in [3.8, 4) is 12.3 Å². The number of halogens is 2. The van der Waals surface area contributed by atoms with Gasteiger partial charge in [0.2, 0.25) is 0 Å². The topological polar surface area (TPSA) is 0 Å². The highest BCUT2D eigenvalue weighted by Gasteiger charge is 1.92. The first kappa shape index (κ1) is 7.65. The molecule has 0 unspecified atom stereocenters. The fraction of sp³-hybridized carbons (Fsp3) is 0. The molecule has 50 valence electrons.